The number of carbonyl (C=O) groups excluding carboxylic acids is 1. The lowest BCUT2D eigenvalue weighted by Gasteiger charge is -2.30. The van der Waals surface area contributed by atoms with Crippen molar-refractivity contribution in [1.29, 1.82) is 0 Å². The number of ether oxygens (including phenoxy) is 2. The highest BCUT2D eigenvalue weighted by atomic mass is 19.1. The highest BCUT2D eigenvalue weighted by molar-refractivity contribution is 5.80. The van der Waals surface area contributed by atoms with Crippen LogP contribution in [0.5, 0.6) is 11.5 Å². The molecule has 5 heteroatoms. The number of halogens is 1. The molecule has 1 atom stereocenters. The number of para-hydroxylation sites is 1. The van der Waals surface area contributed by atoms with Gasteiger partial charge in [-0.15, -0.1) is 6.58 Å². The van der Waals surface area contributed by atoms with E-state index in [9.17, 15) is 9.18 Å². The summed E-state index contributed by atoms with van der Waals surface area (Å²) < 4.78 is 24.2. The summed E-state index contributed by atoms with van der Waals surface area (Å²) in [7, 11) is 1.60. The first-order valence-corrected chi connectivity index (χ1v) is 8.55. The molecule has 1 aliphatic heterocycles. The molecule has 1 amide bonds. The largest absolute Gasteiger partial charge is 0.493 e. The molecule has 0 saturated heterocycles. The summed E-state index contributed by atoms with van der Waals surface area (Å²) in [5.41, 5.74) is 1.84. The quantitative estimate of drug-likeness (QED) is 0.743. The first-order valence-electron chi connectivity index (χ1n) is 8.55. The van der Waals surface area contributed by atoms with Gasteiger partial charge in [0.15, 0.2) is 11.5 Å². The maximum absolute atomic E-state index is 13.1. The van der Waals surface area contributed by atoms with E-state index in [0.29, 0.717) is 37.6 Å². The average molecular weight is 355 g/mol. The summed E-state index contributed by atoms with van der Waals surface area (Å²) in [5, 5.41) is 0. The Labute approximate surface area is 152 Å². The van der Waals surface area contributed by atoms with E-state index in [1.54, 1.807) is 30.2 Å². The van der Waals surface area contributed by atoms with E-state index in [-0.39, 0.29) is 17.6 Å². The van der Waals surface area contributed by atoms with Crippen molar-refractivity contribution in [2.45, 2.75) is 13.0 Å². The van der Waals surface area contributed by atoms with Crippen molar-refractivity contribution in [3.63, 3.8) is 0 Å². The summed E-state index contributed by atoms with van der Waals surface area (Å²) in [6.07, 6.45) is 2.30. The molecule has 0 unspecified atom stereocenters. The van der Waals surface area contributed by atoms with Gasteiger partial charge < -0.3 is 14.4 Å². The zero-order valence-corrected chi connectivity index (χ0v) is 14.8. The molecule has 26 heavy (non-hydrogen) atoms. The van der Waals surface area contributed by atoms with Gasteiger partial charge in [0.25, 0.3) is 0 Å². The van der Waals surface area contributed by atoms with Crippen LogP contribution in [0.25, 0.3) is 0 Å². The van der Waals surface area contributed by atoms with Crippen molar-refractivity contribution in [2.24, 2.45) is 5.92 Å². The maximum Gasteiger partial charge on any atom is 0.230 e. The predicted octanol–water partition coefficient (Wildman–Crippen LogP) is 3.60. The van der Waals surface area contributed by atoms with Gasteiger partial charge in [-0.2, -0.15) is 0 Å². The molecule has 3 rings (SSSR count). The molecule has 0 N–H and O–H groups in total. The van der Waals surface area contributed by atoms with E-state index < -0.39 is 0 Å². The van der Waals surface area contributed by atoms with Crippen molar-refractivity contribution >= 4 is 5.91 Å². The first kappa shape index (κ1) is 18.0. The van der Waals surface area contributed by atoms with Gasteiger partial charge >= 0.3 is 0 Å². The molecule has 136 valence electrons. The molecule has 2 aromatic carbocycles. The smallest absolute Gasteiger partial charge is 0.230 e. The number of benzene rings is 2. The van der Waals surface area contributed by atoms with Crippen LogP contribution in [0.1, 0.15) is 11.1 Å². The van der Waals surface area contributed by atoms with Crippen LogP contribution in [0.3, 0.4) is 0 Å². The number of methoxy groups -OCH3 is 1. The molecule has 0 spiro atoms. The molecular formula is C21H22FNO3. The van der Waals surface area contributed by atoms with Crippen LogP contribution in [0, 0.1) is 11.7 Å². The van der Waals surface area contributed by atoms with Crippen LogP contribution >= 0.6 is 0 Å². The second kappa shape index (κ2) is 8.04. The van der Waals surface area contributed by atoms with Crippen LogP contribution in [-0.2, 0) is 17.8 Å². The topological polar surface area (TPSA) is 38.8 Å². The number of carbonyl (C=O) groups is 1. The number of hydrogen-bond donors (Lipinski definition) is 0. The van der Waals surface area contributed by atoms with Gasteiger partial charge in [0, 0.05) is 13.1 Å². The average Bonchev–Trinajstić information content (AvgIpc) is 2.67. The number of fused-ring (bicyclic) bond motifs is 1. The lowest BCUT2D eigenvalue weighted by molar-refractivity contribution is -0.137. The molecule has 0 radical (unpaired) electrons. The van der Waals surface area contributed by atoms with Crippen LogP contribution < -0.4 is 9.47 Å². The normalized spacial score (nSPS) is 15.5. The second-order valence-corrected chi connectivity index (χ2v) is 6.29. The van der Waals surface area contributed by atoms with Gasteiger partial charge in [0.05, 0.1) is 13.0 Å². The minimum atomic E-state index is -0.290. The summed E-state index contributed by atoms with van der Waals surface area (Å²) in [5.74, 6) is 0.842. The standard InChI is InChI=1S/C21H22FNO3/c1-3-11-23(13-15-7-9-18(22)10-8-15)21(24)17-12-16-5-4-6-19(25-2)20(16)26-14-17/h3-10,17H,1,11-14H2,2H3/t17-/m1/s1. The molecule has 0 aliphatic carbocycles. The highest BCUT2D eigenvalue weighted by Gasteiger charge is 2.30. The number of nitrogens with zero attached hydrogens (tertiary/aromatic N) is 1. The zero-order chi connectivity index (χ0) is 18.5. The monoisotopic (exact) mass is 355 g/mol. The van der Waals surface area contributed by atoms with E-state index in [0.717, 1.165) is 11.1 Å². The number of rotatable bonds is 6. The molecular weight excluding hydrogens is 333 g/mol. The zero-order valence-electron chi connectivity index (χ0n) is 14.8. The molecule has 1 heterocycles. The third-order valence-electron chi connectivity index (χ3n) is 4.47. The van der Waals surface area contributed by atoms with Crippen molar-refractivity contribution in [1.82, 2.24) is 4.90 Å². The Hall–Kier alpha value is -2.82. The van der Waals surface area contributed by atoms with Gasteiger partial charge in [-0.1, -0.05) is 30.3 Å². The van der Waals surface area contributed by atoms with Gasteiger partial charge in [-0.05, 0) is 35.7 Å². The molecule has 2 aromatic rings. The predicted molar refractivity (Wildman–Crippen MR) is 97.7 cm³/mol. The molecule has 0 saturated carbocycles. The van der Waals surface area contributed by atoms with Crippen molar-refractivity contribution in [2.75, 3.05) is 20.3 Å². The maximum atomic E-state index is 13.1. The Bertz CT molecular complexity index is 788. The van der Waals surface area contributed by atoms with E-state index in [4.69, 9.17) is 9.47 Å². The number of hydrogen-bond acceptors (Lipinski definition) is 3. The van der Waals surface area contributed by atoms with Crippen LogP contribution in [0.2, 0.25) is 0 Å². The minimum absolute atomic E-state index is 0.00250. The Morgan fingerprint density at radius 3 is 2.81 bits per heavy atom. The summed E-state index contributed by atoms with van der Waals surface area (Å²) >= 11 is 0. The van der Waals surface area contributed by atoms with Crippen LogP contribution in [-0.4, -0.2) is 31.1 Å². The fraction of sp³-hybridized carbons (Fsp3) is 0.286. The molecule has 0 aromatic heterocycles. The van der Waals surface area contributed by atoms with E-state index in [1.807, 2.05) is 18.2 Å². The van der Waals surface area contributed by atoms with E-state index in [1.165, 1.54) is 12.1 Å². The lowest BCUT2D eigenvalue weighted by atomic mass is 9.95. The molecule has 1 aliphatic rings. The number of amides is 1. The summed E-state index contributed by atoms with van der Waals surface area (Å²) in [6.45, 7) is 4.89. The Morgan fingerprint density at radius 2 is 2.12 bits per heavy atom. The van der Waals surface area contributed by atoms with Gasteiger partial charge in [0.2, 0.25) is 5.91 Å². The van der Waals surface area contributed by atoms with E-state index in [2.05, 4.69) is 6.58 Å². The second-order valence-electron chi connectivity index (χ2n) is 6.29. The van der Waals surface area contributed by atoms with Crippen molar-refractivity contribution < 1.29 is 18.7 Å². The van der Waals surface area contributed by atoms with Gasteiger partial charge in [-0.25, -0.2) is 4.39 Å². The minimum Gasteiger partial charge on any atom is -0.493 e. The fourth-order valence-electron chi connectivity index (χ4n) is 3.17. The summed E-state index contributed by atoms with van der Waals surface area (Å²) in [4.78, 5) is 14.7. The molecule has 0 fully saturated rings. The van der Waals surface area contributed by atoms with Crippen LogP contribution in [0.15, 0.2) is 55.1 Å². The summed E-state index contributed by atoms with van der Waals surface area (Å²) in [6, 6.07) is 11.9. The SMILES string of the molecule is C=CCN(Cc1ccc(F)cc1)C(=O)[C@H]1COc2c(cccc2OC)C1. The van der Waals surface area contributed by atoms with Gasteiger partial charge in [-0.3, -0.25) is 4.79 Å². The Balaban J connectivity index is 1.75. The molecule has 0 bridgehead atoms. The third-order valence-corrected chi connectivity index (χ3v) is 4.47. The van der Waals surface area contributed by atoms with Gasteiger partial charge in [0.1, 0.15) is 12.4 Å². The molecule has 4 nitrogen and oxygen atoms in total. The first-order chi connectivity index (χ1) is 12.6. The fourth-order valence-corrected chi connectivity index (χ4v) is 3.17. The van der Waals surface area contributed by atoms with Crippen LogP contribution in [0.4, 0.5) is 4.39 Å². The van der Waals surface area contributed by atoms with Crippen molar-refractivity contribution in [3.8, 4) is 11.5 Å². The lowest BCUT2D eigenvalue weighted by Crippen LogP contribution is -2.40. The van der Waals surface area contributed by atoms with E-state index >= 15 is 0 Å². The van der Waals surface area contributed by atoms with Crippen molar-refractivity contribution in [3.05, 3.63) is 72.1 Å². The Kier molecular flexibility index (Phi) is 5.56. The Morgan fingerprint density at radius 1 is 1.35 bits per heavy atom. The third kappa shape index (κ3) is 3.87. The highest BCUT2D eigenvalue weighted by Crippen LogP contribution is 2.36.